The molecule has 2 atom stereocenters. The standard InChI is InChI=1S/C26H24P.Zr/c1-17-16-19-12-15-22-23(18-10-13-20(14-11-18)26(2,3)4)24(19)25(17)27(22)21-8-6-5-7-9-21;/h5-16H,1-4H3;. The van der Waals surface area contributed by atoms with Crippen molar-refractivity contribution in [1.29, 1.82) is 0 Å². The maximum atomic E-state index is 2.43. The van der Waals surface area contributed by atoms with E-state index in [4.69, 9.17) is 0 Å². The van der Waals surface area contributed by atoms with Crippen LogP contribution in [0.25, 0.3) is 32.5 Å². The number of benzene rings is 3. The number of rotatable bonds is 2. The Labute approximate surface area is 183 Å². The van der Waals surface area contributed by atoms with E-state index >= 15 is 0 Å². The molecular formula is C26H24PZr. The molecule has 1 aliphatic rings. The second-order valence-electron chi connectivity index (χ2n) is 8.89. The van der Waals surface area contributed by atoms with Crippen molar-refractivity contribution in [2.45, 2.75) is 36.7 Å². The summed E-state index contributed by atoms with van der Waals surface area (Å²) in [5.74, 6) is 0. The predicted octanol–water partition coefficient (Wildman–Crippen LogP) is 7.27. The van der Waals surface area contributed by atoms with Crippen molar-refractivity contribution >= 4 is 23.6 Å². The average molecular weight is 459 g/mol. The van der Waals surface area contributed by atoms with Crippen LogP contribution in [-0.2, 0) is 30.1 Å². The van der Waals surface area contributed by atoms with Gasteiger partial charge in [-0.15, -0.1) is 0 Å². The Morgan fingerprint density at radius 2 is 1.54 bits per heavy atom. The Morgan fingerprint density at radius 3 is 2.18 bits per heavy atom. The molecule has 28 heavy (non-hydrogen) atoms. The summed E-state index contributed by atoms with van der Waals surface area (Å²) in [6, 6.07) is 25.4. The molecule has 2 bridgehead atoms. The van der Waals surface area contributed by atoms with E-state index in [1.807, 2.05) is 0 Å². The molecule has 0 nitrogen and oxygen atoms in total. The number of fused-ring (bicyclic) bond motifs is 1. The number of hydrogen-bond donors (Lipinski definition) is 0. The molecule has 0 amide bonds. The van der Waals surface area contributed by atoms with Crippen molar-refractivity contribution in [3.63, 3.8) is 0 Å². The molecule has 1 aromatic heterocycles. The molecule has 0 radical (unpaired) electrons. The second-order valence-corrected chi connectivity index (χ2v) is 12.4. The Kier molecular flexibility index (Phi) is 4.35. The summed E-state index contributed by atoms with van der Waals surface area (Å²) in [5, 5.41) is 4.59. The zero-order valence-corrected chi connectivity index (χ0v) is 20.2. The molecule has 5 rings (SSSR count). The predicted molar refractivity (Wildman–Crippen MR) is 119 cm³/mol. The van der Waals surface area contributed by atoms with Gasteiger partial charge in [-0.05, 0) is 0 Å². The summed E-state index contributed by atoms with van der Waals surface area (Å²) >= 11 is 1.61. The van der Waals surface area contributed by atoms with Crippen LogP contribution >= 0.6 is 7.53 Å². The van der Waals surface area contributed by atoms with E-state index in [1.54, 1.807) is 51.3 Å². The molecule has 0 aliphatic heterocycles. The molecule has 2 heteroatoms. The molecule has 0 spiro atoms. The second kappa shape index (κ2) is 6.55. The third-order valence-corrected chi connectivity index (χ3v) is 10.6. The molecule has 4 aromatic rings. The fourth-order valence-electron chi connectivity index (χ4n) is 4.54. The fourth-order valence-corrected chi connectivity index (χ4v) is 8.67. The van der Waals surface area contributed by atoms with E-state index in [0.717, 1.165) is 0 Å². The van der Waals surface area contributed by atoms with E-state index in [2.05, 4.69) is 94.4 Å². The third-order valence-electron chi connectivity index (χ3n) is 6.09. The fraction of sp³-hybridized carbons (Fsp3) is 0.231. The van der Waals surface area contributed by atoms with Gasteiger partial charge < -0.3 is 0 Å². The van der Waals surface area contributed by atoms with Crippen LogP contribution in [-0.4, -0.2) is 0 Å². The van der Waals surface area contributed by atoms with Gasteiger partial charge in [-0.1, -0.05) is 0 Å². The molecule has 1 heterocycles. The van der Waals surface area contributed by atoms with Gasteiger partial charge in [0.05, 0.1) is 0 Å². The van der Waals surface area contributed by atoms with Crippen molar-refractivity contribution < 1.29 is 24.7 Å². The summed E-state index contributed by atoms with van der Waals surface area (Å²) in [6.45, 7) is 9.24. The normalized spacial score (nSPS) is 16.9. The zero-order valence-electron chi connectivity index (χ0n) is 16.9. The van der Waals surface area contributed by atoms with Gasteiger partial charge in [-0.25, -0.2) is 0 Å². The van der Waals surface area contributed by atoms with Gasteiger partial charge >= 0.3 is 184 Å². The van der Waals surface area contributed by atoms with Gasteiger partial charge in [0.1, 0.15) is 0 Å². The van der Waals surface area contributed by atoms with Crippen molar-refractivity contribution in [2.75, 3.05) is 0 Å². The Morgan fingerprint density at radius 1 is 0.857 bits per heavy atom. The van der Waals surface area contributed by atoms with Crippen molar-refractivity contribution in [3.8, 4) is 16.4 Å². The minimum atomic E-state index is -0.433. The monoisotopic (exact) mass is 457 g/mol. The summed E-state index contributed by atoms with van der Waals surface area (Å²) in [6.07, 6.45) is 0. The van der Waals surface area contributed by atoms with E-state index in [0.29, 0.717) is 3.63 Å². The van der Waals surface area contributed by atoms with E-state index < -0.39 is 7.53 Å². The van der Waals surface area contributed by atoms with Gasteiger partial charge in [0.2, 0.25) is 0 Å². The quantitative estimate of drug-likeness (QED) is 0.296. The molecule has 0 fully saturated rings. The molecule has 0 saturated carbocycles. The summed E-state index contributed by atoms with van der Waals surface area (Å²) in [5.41, 5.74) is 7.66. The van der Waals surface area contributed by atoms with E-state index in [1.165, 1.54) is 22.0 Å². The van der Waals surface area contributed by atoms with Crippen molar-refractivity contribution in [2.24, 2.45) is 0 Å². The first-order chi connectivity index (χ1) is 13.4. The van der Waals surface area contributed by atoms with Crippen LogP contribution < -0.4 is 4.95 Å². The summed E-state index contributed by atoms with van der Waals surface area (Å²) in [4.78, 5) is 1.65. The SMILES string of the molecule is CC1=c2c3c(ccc(c3-c3ccc(C(C)(C)C)cc3)p2-c2ccccc2)[CH]1[Zr]. The van der Waals surface area contributed by atoms with Gasteiger partial charge in [0.25, 0.3) is 0 Å². The van der Waals surface area contributed by atoms with Crippen LogP contribution in [0.3, 0.4) is 0 Å². The molecule has 2 unspecified atom stereocenters. The van der Waals surface area contributed by atoms with Gasteiger partial charge in [0, 0.05) is 0 Å². The Hall–Kier alpha value is -1.42. The topological polar surface area (TPSA) is 0 Å². The first-order valence-electron chi connectivity index (χ1n) is 9.93. The minimum absolute atomic E-state index is 0.191. The third kappa shape index (κ3) is 2.67. The Bertz CT molecular complexity index is 1240. The first-order valence-corrected chi connectivity index (χ1v) is 12.7. The Balaban J connectivity index is 1.84. The van der Waals surface area contributed by atoms with Gasteiger partial charge in [0.15, 0.2) is 0 Å². The molecule has 0 saturated heterocycles. The zero-order chi connectivity index (χ0) is 19.6. The molecule has 3 aromatic carbocycles. The maximum absolute atomic E-state index is 2.43. The molecule has 137 valence electrons. The van der Waals surface area contributed by atoms with Crippen LogP contribution in [0.5, 0.6) is 0 Å². The summed E-state index contributed by atoms with van der Waals surface area (Å²) < 4.78 is 0.618. The van der Waals surface area contributed by atoms with Crippen LogP contribution in [0.4, 0.5) is 0 Å². The average Bonchev–Trinajstić information content (AvgIpc) is 3.07. The molecule has 0 N–H and O–H groups in total. The van der Waals surface area contributed by atoms with Crippen molar-refractivity contribution in [3.05, 3.63) is 82.8 Å². The van der Waals surface area contributed by atoms with Crippen LogP contribution in [0.15, 0.2) is 66.7 Å². The first kappa shape index (κ1) is 18.6. The van der Waals surface area contributed by atoms with Crippen LogP contribution in [0, 0.1) is 0 Å². The van der Waals surface area contributed by atoms with E-state index in [9.17, 15) is 0 Å². The van der Waals surface area contributed by atoms with Crippen LogP contribution in [0.1, 0.15) is 42.4 Å². The molecular weight excluding hydrogens is 434 g/mol. The van der Waals surface area contributed by atoms with Crippen LogP contribution in [0.2, 0.25) is 0 Å². The molecule has 1 aliphatic carbocycles. The van der Waals surface area contributed by atoms with Gasteiger partial charge in [-0.2, -0.15) is 0 Å². The van der Waals surface area contributed by atoms with Crippen molar-refractivity contribution in [1.82, 2.24) is 0 Å². The van der Waals surface area contributed by atoms with Gasteiger partial charge in [-0.3, -0.25) is 0 Å². The number of hydrogen-bond acceptors (Lipinski definition) is 0. The van der Waals surface area contributed by atoms with E-state index in [-0.39, 0.29) is 5.41 Å². The summed E-state index contributed by atoms with van der Waals surface area (Å²) in [7, 11) is -0.433.